The Hall–Kier alpha value is -0.830. The number of ketones is 1. The van der Waals surface area contributed by atoms with Crippen molar-refractivity contribution in [1.29, 1.82) is 0 Å². The molecule has 0 heterocycles. The molecule has 2 fully saturated rings. The Labute approximate surface area is 129 Å². The minimum absolute atomic E-state index is 0.146. The molecule has 1 aromatic rings. The highest BCUT2D eigenvalue weighted by atomic mass is 79.9. The number of anilines is 1. The van der Waals surface area contributed by atoms with Crippen LogP contribution in [0.5, 0.6) is 0 Å². The van der Waals surface area contributed by atoms with Crippen LogP contribution >= 0.6 is 15.9 Å². The molecule has 0 radical (unpaired) electrons. The largest absolute Gasteiger partial charge is 0.374 e. The molecule has 0 spiro atoms. The van der Waals surface area contributed by atoms with Crippen LogP contribution in [0.3, 0.4) is 0 Å². The Kier molecular flexibility index (Phi) is 3.89. The minimum Gasteiger partial charge on any atom is -0.374 e. The van der Waals surface area contributed by atoms with E-state index >= 15 is 0 Å². The monoisotopic (exact) mass is 335 g/mol. The molecule has 0 aromatic heterocycles. The number of rotatable bonds is 4. The third-order valence-corrected chi connectivity index (χ3v) is 5.64. The summed E-state index contributed by atoms with van der Waals surface area (Å²) in [7, 11) is 2.13. The number of benzene rings is 1. The van der Waals surface area contributed by atoms with Gasteiger partial charge in [0, 0.05) is 29.3 Å². The first kappa shape index (κ1) is 14.1. The molecular formula is C17H22BrNO. The number of carbonyl (C=O) groups is 1. The summed E-state index contributed by atoms with van der Waals surface area (Å²) in [5, 5.41) is 0. The van der Waals surface area contributed by atoms with Crippen LogP contribution in [0.15, 0.2) is 22.7 Å². The molecule has 3 unspecified atom stereocenters. The summed E-state index contributed by atoms with van der Waals surface area (Å²) in [6, 6.07) is 5.95. The highest BCUT2D eigenvalue weighted by Crippen LogP contribution is 2.48. The third kappa shape index (κ3) is 2.65. The van der Waals surface area contributed by atoms with Gasteiger partial charge in [-0.05, 0) is 62.1 Å². The van der Waals surface area contributed by atoms with Crippen LogP contribution in [0.2, 0.25) is 0 Å². The lowest BCUT2D eigenvalue weighted by Gasteiger charge is -2.29. The van der Waals surface area contributed by atoms with Gasteiger partial charge in [0.2, 0.25) is 0 Å². The van der Waals surface area contributed by atoms with Gasteiger partial charge in [-0.25, -0.2) is 0 Å². The predicted octanol–water partition coefficient (Wildman–Crippen LogP) is 4.52. The summed E-state index contributed by atoms with van der Waals surface area (Å²) in [5.74, 6) is 2.87. The van der Waals surface area contributed by atoms with E-state index in [1.54, 1.807) is 6.92 Å². The van der Waals surface area contributed by atoms with Crippen LogP contribution in [0.1, 0.15) is 43.0 Å². The standard InChI is InChI=1S/C17H22BrNO/c1-11(20)16-6-5-15(18)9-17(16)19(2)10-14-8-12-3-4-13(14)7-12/h5-6,9,12-14H,3-4,7-8,10H2,1-2H3. The van der Waals surface area contributed by atoms with Crippen molar-refractivity contribution < 1.29 is 4.79 Å². The maximum atomic E-state index is 11.8. The van der Waals surface area contributed by atoms with Crippen LogP contribution in [0, 0.1) is 17.8 Å². The van der Waals surface area contributed by atoms with E-state index in [0.29, 0.717) is 0 Å². The molecule has 3 heteroatoms. The molecule has 3 atom stereocenters. The Morgan fingerprint density at radius 2 is 2.15 bits per heavy atom. The highest BCUT2D eigenvalue weighted by Gasteiger charge is 2.39. The third-order valence-electron chi connectivity index (χ3n) is 5.14. The van der Waals surface area contributed by atoms with Crippen molar-refractivity contribution in [2.45, 2.75) is 32.6 Å². The summed E-state index contributed by atoms with van der Waals surface area (Å²) >= 11 is 3.52. The van der Waals surface area contributed by atoms with Gasteiger partial charge in [0.15, 0.2) is 5.78 Å². The van der Waals surface area contributed by atoms with Gasteiger partial charge in [-0.2, -0.15) is 0 Å². The molecule has 0 amide bonds. The summed E-state index contributed by atoms with van der Waals surface area (Å²) in [6.07, 6.45) is 5.69. The lowest BCUT2D eigenvalue weighted by molar-refractivity contribution is 0.101. The molecule has 2 aliphatic carbocycles. The smallest absolute Gasteiger partial charge is 0.161 e. The topological polar surface area (TPSA) is 20.3 Å². The van der Waals surface area contributed by atoms with Crippen molar-refractivity contribution in [3.8, 4) is 0 Å². The molecule has 2 aliphatic rings. The fourth-order valence-corrected chi connectivity index (χ4v) is 4.52. The Bertz CT molecular complexity index is 528. The van der Waals surface area contributed by atoms with E-state index in [4.69, 9.17) is 0 Å². The van der Waals surface area contributed by atoms with Crippen LogP contribution in [0.25, 0.3) is 0 Å². The van der Waals surface area contributed by atoms with Gasteiger partial charge in [-0.15, -0.1) is 0 Å². The van der Waals surface area contributed by atoms with Crippen LogP contribution in [-0.4, -0.2) is 19.4 Å². The maximum Gasteiger partial charge on any atom is 0.161 e. The highest BCUT2D eigenvalue weighted by molar-refractivity contribution is 9.10. The van der Waals surface area contributed by atoms with E-state index in [1.807, 2.05) is 12.1 Å². The molecule has 0 aliphatic heterocycles. The van der Waals surface area contributed by atoms with Gasteiger partial charge in [0.25, 0.3) is 0 Å². The number of halogens is 1. The molecule has 20 heavy (non-hydrogen) atoms. The van der Waals surface area contributed by atoms with Gasteiger partial charge in [0.1, 0.15) is 0 Å². The average molecular weight is 336 g/mol. The Morgan fingerprint density at radius 3 is 2.75 bits per heavy atom. The van der Waals surface area contributed by atoms with Crippen LogP contribution in [0.4, 0.5) is 5.69 Å². The van der Waals surface area contributed by atoms with E-state index in [2.05, 4.69) is 33.9 Å². The molecule has 2 nitrogen and oxygen atoms in total. The molecule has 0 saturated heterocycles. The van der Waals surface area contributed by atoms with Crippen molar-refractivity contribution in [3.05, 3.63) is 28.2 Å². The normalized spacial score (nSPS) is 27.9. The lowest BCUT2D eigenvalue weighted by Crippen LogP contribution is -2.29. The number of hydrogen-bond acceptors (Lipinski definition) is 2. The van der Waals surface area contributed by atoms with Crippen molar-refractivity contribution >= 4 is 27.4 Å². The number of hydrogen-bond donors (Lipinski definition) is 0. The fourth-order valence-electron chi connectivity index (χ4n) is 4.17. The number of fused-ring (bicyclic) bond motifs is 2. The first-order valence-electron chi connectivity index (χ1n) is 7.56. The first-order valence-corrected chi connectivity index (χ1v) is 8.35. The predicted molar refractivity (Wildman–Crippen MR) is 86.4 cm³/mol. The zero-order chi connectivity index (χ0) is 14.3. The molecule has 0 N–H and O–H groups in total. The van der Waals surface area contributed by atoms with Gasteiger partial charge in [-0.3, -0.25) is 4.79 Å². The Morgan fingerprint density at radius 1 is 1.35 bits per heavy atom. The second-order valence-corrected chi connectivity index (χ2v) is 7.45. The molecule has 1 aromatic carbocycles. The zero-order valence-corrected chi connectivity index (χ0v) is 13.8. The molecule has 2 bridgehead atoms. The minimum atomic E-state index is 0.146. The maximum absolute atomic E-state index is 11.8. The van der Waals surface area contributed by atoms with Gasteiger partial charge < -0.3 is 4.90 Å². The summed E-state index contributed by atoms with van der Waals surface area (Å²) in [6.45, 7) is 2.73. The molecule has 108 valence electrons. The fraction of sp³-hybridized carbons (Fsp3) is 0.588. The van der Waals surface area contributed by atoms with Crippen molar-refractivity contribution in [3.63, 3.8) is 0 Å². The van der Waals surface area contributed by atoms with Crippen LogP contribution in [-0.2, 0) is 0 Å². The van der Waals surface area contributed by atoms with E-state index in [0.717, 1.165) is 40.0 Å². The molecule has 2 saturated carbocycles. The average Bonchev–Trinajstić information content (AvgIpc) is 3.00. The van der Waals surface area contributed by atoms with E-state index in [-0.39, 0.29) is 5.78 Å². The number of Topliss-reactive ketones (excluding diaryl/α,β-unsaturated/α-hetero) is 1. The molecule has 3 rings (SSSR count). The van der Waals surface area contributed by atoms with Crippen molar-refractivity contribution in [2.24, 2.45) is 17.8 Å². The van der Waals surface area contributed by atoms with E-state index in [9.17, 15) is 4.79 Å². The molecular weight excluding hydrogens is 314 g/mol. The van der Waals surface area contributed by atoms with Crippen molar-refractivity contribution in [1.82, 2.24) is 0 Å². The van der Waals surface area contributed by atoms with Gasteiger partial charge in [0.05, 0.1) is 0 Å². The SMILES string of the molecule is CC(=O)c1ccc(Br)cc1N(C)CC1CC2CCC1C2. The van der Waals surface area contributed by atoms with E-state index < -0.39 is 0 Å². The first-order chi connectivity index (χ1) is 9.54. The summed E-state index contributed by atoms with van der Waals surface area (Å²) in [5.41, 5.74) is 1.90. The van der Waals surface area contributed by atoms with E-state index in [1.165, 1.54) is 25.7 Å². The lowest BCUT2D eigenvalue weighted by atomic mass is 9.88. The summed E-state index contributed by atoms with van der Waals surface area (Å²) < 4.78 is 1.04. The Balaban J connectivity index is 1.78. The zero-order valence-electron chi connectivity index (χ0n) is 12.2. The number of carbonyl (C=O) groups excluding carboxylic acids is 1. The summed E-state index contributed by atoms with van der Waals surface area (Å²) in [4.78, 5) is 14.1. The van der Waals surface area contributed by atoms with Crippen molar-refractivity contribution in [2.75, 3.05) is 18.5 Å². The second-order valence-electron chi connectivity index (χ2n) is 6.53. The van der Waals surface area contributed by atoms with Crippen LogP contribution < -0.4 is 4.90 Å². The quantitative estimate of drug-likeness (QED) is 0.753. The second kappa shape index (κ2) is 5.51. The van der Waals surface area contributed by atoms with Gasteiger partial charge in [-0.1, -0.05) is 22.4 Å². The number of nitrogens with zero attached hydrogens (tertiary/aromatic N) is 1. The van der Waals surface area contributed by atoms with Gasteiger partial charge >= 0.3 is 0 Å².